The van der Waals surface area contributed by atoms with Crippen molar-refractivity contribution in [2.45, 2.75) is 77.6 Å². The Balaban J connectivity index is 1.58. The third-order valence-electron chi connectivity index (χ3n) is 6.33. The molecule has 0 saturated heterocycles. The van der Waals surface area contributed by atoms with Crippen molar-refractivity contribution in [3.05, 3.63) is 0 Å². The van der Waals surface area contributed by atoms with E-state index in [1.54, 1.807) is 38.5 Å². The van der Waals surface area contributed by atoms with Gasteiger partial charge in [0.25, 0.3) is 0 Å². The molecule has 0 nitrogen and oxygen atoms in total. The van der Waals surface area contributed by atoms with Crippen LogP contribution in [0.4, 0.5) is 0 Å². The number of hydrogen-bond donors (Lipinski definition) is 0. The minimum Gasteiger partial charge on any atom is -0.0622 e. The molecule has 3 atom stereocenters. The zero-order valence-corrected chi connectivity index (χ0v) is 11.0. The van der Waals surface area contributed by atoms with Crippen LogP contribution in [0.25, 0.3) is 0 Å². The second kappa shape index (κ2) is 4.35. The van der Waals surface area contributed by atoms with Gasteiger partial charge in [0.05, 0.1) is 0 Å². The van der Waals surface area contributed by atoms with Gasteiger partial charge in [-0.25, -0.2) is 0 Å². The molecule has 0 heterocycles. The van der Waals surface area contributed by atoms with Crippen LogP contribution in [-0.2, 0) is 0 Å². The highest BCUT2D eigenvalue weighted by Crippen LogP contribution is 2.59. The fourth-order valence-electron chi connectivity index (χ4n) is 4.97. The van der Waals surface area contributed by atoms with Crippen LogP contribution < -0.4 is 0 Å². The molecule has 92 valence electrons. The monoisotopic (exact) mass is 220 g/mol. The van der Waals surface area contributed by atoms with Crippen molar-refractivity contribution in [2.75, 3.05) is 0 Å². The molecule has 1 spiro atoms. The molecule has 0 radical (unpaired) electrons. The normalized spacial score (nSPS) is 42.2. The fourth-order valence-corrected chi connectivity index (χ4v) is 4.97. The Morgan fingerprint density at radius 3 is 2.25 bits per heavy atom. The van der Waals surface area contributed by atoms with Crippen molar-refractivity contribution in [1.82, 2.24) is 0 Å². The van der Waals surface area contributed by atoms with E-state index in [4.69, 9.17) is 0 Å². The molecule has 0 aromatic carbocycles. The molecule has 3 rings (SSSR count). The first-order chi connectivity index (χ1) is 7.80. The van der Waals surface area contributed by atoms with Crippen LogP contribution in [-0.4, -0.2) is 0 Å². The first kappa shape index (κ1) is 11.1. The van der Waals surface area contributed by atoms with Crippen molar-refractivity contribution < 1.29 is 0 Å². The van der Waals surface area contributed by atoms with Crippen LogP contribution in [0.3, 0.4) is 0 Å². The van der Waals surface area contributed by atoms with E-state index in [1.807, 2.05) is 0 Å². The van der Waals surface area contributed by atoms with Crippen LogP contribution in [0, 0.1) is 23.2 Å². The molecule has 0 amide bonds. The Kier molecular flexibility index (Phi) is 3.02. The van der Waals surface area contributed by atoms with Crippen molar-refractivity contribution >= 4 is 0 Å². The van der Waals surface area contributed by atoms with Gasteiger partial charge in [0.2, 0.25) is 0 Å². The van der Waals surface area contributed by atoms with Gasteiger partial charge in [0.15, 0.2) is 0 Å². The van der Waals surface area contributed by atoms with Crippen LogP contribution >= 0.6 is 0 Å². The molecule has 3 aliphatic carbocycles. The van der Waals surface area contributed by atoms with E-state index in [9.17, 15) is 0 Å². The van der Waals surface area contributed by atoms with E-state index < -0.39 is 0 Å². The Bertz CT molecular complexity index is 236. The van der Waals surface area contributed by atoms with E-state index in [-0.39, 0.29) is 0 Å². The van der Waals surface area contributed by atoms with E-state index >= 15 is 0 Å². The predicted molar refractivity (Wildman–Crippen MR) is 69.4 cm³/mol. The summed E-state index contributed by atoms with van der Waals surface area (Å²) >= 11 is 0. The summed E-state index contributed by atoms with van der Waals surface area (Å²) in [6.45, 7) is 2.52. The first-order valence-electron chi connectivity index (χ1n) is 7.80. The zero-order chi connectivity index (χ0) is 11.0. The average molecular weight is 220 g/mol. The maximum absolute atomic E-state index is 2.52. The van der Waals surface area contributed by atoms with E-state index in [1.165, 1.54) is 32.1 Å². The summed E-state index contributed by atoms with van der Waals surface area (Å²) in [5.41, 5.74) is 0.872. The van der Waals surface area contributed by atoms with Gasteiger partial charge in [-0.1, -0.05) is 45.4 Å². The van der Waals surface area contributed by atoms with Gasteiger partial charge in [-0.2, -0.15) is 0 Å². The average Bonchev–Trinajstić information content (AvgIpc) is 2.78. The lowest BCUT2D eigenvalue weighted by Crippen LogP contribution is -2.39. The molecule has 3 saturated carbocycles. The summed E-state index contributed by atoms with van der Waals surface area (Å²) in [6, 6.07) is 0. The molecule has 0 aromatic rings. The predicted octanol–water partition coefficient (Wildman–Crippen LogP) is 5.17. The molecule has 3 fully saturated rings. The second-order valence-electron chi connectivity index (χ2n) is 7.06. The lowest BCUT2D eigenvalue weighted by atomic mass is 9.55. The molecule has 3 aliphatic rings. The quantitative estimate of drug-likeness (QED) is 0.602. The van der Waals surface area contributed by atoms with Gasteiger partial charge in [-0.15, -0.1) is 0 Å². The highest BCUT2D eigenvalue weighted by molar-refractivity contribution is 4.99. The van der Waals surface area contributed by atoms with Crippen LogP contribution in [0.1, 0.15) is 77.6 Å². The highest BCUT2D eigenvalue weighted by atomic mass is 14.5. The van der Waals surface area contributed by atoms with E-state index in [0.29, 0.717) is 0 Å². The second-order valence-corrected chi connectivity index (χ2v) is 7.06. The van der Waals surface area contributed by atoms with Crippen LogP contribution in [0.15, 0.2) is 0 Å². The third-order valence-corrected chi connectivity index (χ3v) is 6.33. The lowest BCUT2D eigenvalue weighted by molar-refractivity contribution is 0.00630. The maximum atomic E-state index is 2.52. The van der Waals surface area contributed by atoms with Crippen molar-refractivity contribution in [3.63, 3.8) is 0 Å². The molecule has 0 heteroatoms. The molecule has 0 N–H and O–H groups in total. The SMILES string of the molecule is CC1CCCCC1CC1CCC12CCCC2. The Morgan fingerprint density at radius 1 is 0.875 bits per heavy atom. The summed E-state index contributed by atoms with van der Waals surface area (Å²) in [5, 5.41) is 0. The summed E-state index contributed by atoms with van der Waals surface area (Å²) < 4.78 is 0. The lowest BCUT2D eigenvalue weighted by Gasteiger charge is -2.50. The molecule has 3 unspecified atom stereocenters. The molecule has 0 aliphatic heterocycles. The standard InChI is InChI=1S/C16H28/c1-13-6-2-3-7-14(13)12-15-8-11-16(15)9-4-5-10-16/h13-15H,2-12H2,1H3. The maximum Gasteiger partial charge on any atom is -0.0269 e. The largest absolute Gasteiger partial charge is 0.0622 e. The Morgan fingerprint density at radius 2 is 1.62 bits per heavy atom. The molecule has 0 bridgehead atoms. The summed E-state index contributed by atoms with van der Waals surface area (Å²) in [6.07, 6.45) is 17.1. The summed E-state index contributed by atoms with van der Waals surface area (Å²) in [5.74, 6) is 3.27. The van der Waals surface area contributed by atoms with Gasteiger partial charge < -0.3 is 0 Å². The molecule has 16 heavy (non-hydrogen) atoms. The minimum atomic E-state index is 0.872. The number of hydrogen-bond acceptors (Lipinski definition) is 0. The molecular weight excluding hydrogens is 192 g/mol. The highest BCUT2D eigenvalue weighted by Gasteiger charge is 2.48. The van der Waals surface area contributed by atoms with E-state index in [0.717, 1.165) is 23.2 Å². The Hall–Kier alpha value is 0. The van der Waals surface area contributed by atoms with Crippen molar-refractivity contribution in [2.24, 2.45) is 23.2 Å². The zero-order valence-electron chi connectivity index (χ0n) is 11.0. The molecular formula is C16H28. The number of rotatable bonds is 2. The van der Waals surface area contributed by atoms with Gasteiger partial charge in [-0.3, -0.25) is 0 Å². The van der Waals surface area contributed by atoms with Crippen LogP contribution in [0.5, 0.6) is 0 Å². The Labute approximate surface area is 101 Å². The topological polar surface area (TPSA) is 0 Å². The summed E-state index contributed by atoms with van der Waals surface area (Å²) in [4.78, 5) is 0. The third kappa shape index (κ3) is 1.83. The van der Waals surface area contributed by atoms with Gasteiger partial charge in [-0.05, 0) is 55.3 Å². The first-order valence-corrected chi connectivity index (χ1v) is 7.80. The smallest absolute Gasteiger partial charge is 0.0269 e. The van der Waals surface area contributed by atoms with Crippen LogP contribution in [0.2, 0.25) is 0 Å². The van der Waals surface area contributed by atoms with Gasteiger partial charge in [0.1, 0.15) is 0 Å². The van der Waals surface area contributed by atoms with Crippen molar-refractivity contribution in [3.8, 4) is 0 Å². The fraction of sp³-hybridized carbons (Fsp3) is 1.00. The van der Waals surface area contributed by atoms with Crippen molar-refractivity contribution in [1.29, 1.82) is 0 Å². The molecule has 0 aromatic heterocycles. The minimum absolute atomic E-state index is 0.872. The van der Waals surface area contributed by atoms with E-state index in [2.05, 4.69) is 6.92 Å². The van der Waals surface area contributed by atoms with Gasteiger partial charge in [0, 0.05) is 0 Å². The summed E-state index contributed by atoms with van der Waals surface area (Å²) in [7, 11) is 0. The van der Waals surface area contributed by atoms with Gasteiger partial charge >= 0.3 is 0 Å².